The van der Waals surface area contributed by atoms with Crippen molar-refractivity contribution in [1.29, 1.82) is 0 Å². The van der Waals surface area contributed by atoms with E-state index in [1.165, 1.54) is 24.2 Å². The first-order chi connectivity index (χ1) is 13.4. The molecule has 0 spiro atoms. The number of methoxy groups -OCH3 is 1. The maximum atomic E-state index is 12.4. The number of hydrogen-bond donors (Lipinski definition) is 1. The van der Waals surface area contributed by atoms with E-state index in [9.17, 15) is 9.59 Å². The highest BCUT2D eigenvalue weighted by Crippen LogP contribution is 2.40. The summed E-state index contributed by atoms with van der Waals surface area (Å²) < 4.78 is 21.9. The van der Waals surface area contributed by atoms with Crippen LogP contribution in [0.2, 0.25) is 0 Å². The van der Waals surface area contributed by atoms with Crippen molar-refractivity contribution >= 4 is 18.0 Å². The molecule has 2 heterocycles. The molecule has 3 rings (SSSR count). The zero-order valence-corrected chi connectivity index (χ0v) is 15.9. The molecule has 1 aliphatic rings. The number of nitrogens with zero attached hydrogens (tertiary/aromatic N) is 1. The highest BCUT2D eigenvalue weighted by molar-refractivity contribution is 5.92. The van der Waals surface area contributed by atoms with Crippen LogP contribution < -0.4 is 14.2 Å². The standard InChI is InChI=1S/C20H21NO7/c1-12-15(20(23)24)10-14(28-12)11-21(2)18(22)5-4-13-8-16(25-3)19-17(9-13)26-6-7-27-19/h4-5,8-10H,6-7,11H2,1-3H3,(H,23,24)/b5-4+. The van der Waals surface area contributed by atoms with E-state index in [0.29, 0.717) is 42.0 Å². The number of fused-ring (bicyclic) bond motifs is 1. The number of hydrogen-bond acceptors (Lipinski definition) is 6. The van der Waals surface area contributed by atoms with Gasteiger partial charge in [-0.3, -0.25) is 4.79 Å². The van der Waals surface area contributed by atoms with Crippen LogP contribution in [0, 0.1) is 6.92 Å². The van der Waals surface area contributed by atoms with Gasteiger partial charge in [0.2, 0.25) is 11.7 Å². The molecular weight excluding hydrogens is 366 g/mol. The van der Waals surface area contributed by atoms with Crippen molar-refractivity contribution < 1.29 is 33.3 Å². The topological polar surface area (TPSA) is 98.4 Å². The van der Waals surface area contributed by atoms with Gasteiger partial charge >= 0.3 is 5.97 Å². The van der Waals surface area contributed by atoms with Gasteiger partial charge < -0.3 is 28.6 Å². The van der Waals surface area contributed by atoms with Crippen LogP contribution in [0.25, 0.3) is 6.08 Å². The minimum absolute atomic E-state index is 0.0924. The SMILES string of the molecule is COc1cc(/C=C/C(=O)N(C)Cc2cc(C(=O)O)c(C)o2)cc2c1OCCO2. The first kappa shape index (κ1) is 19.3. The van der Waals surface area contributed by atoms with Gasteiger partial charge in [0.15, 0.2) is 11.5 Å². The molecule has 0 fully saturated rings. The number of carboxylic acid groups (broad SMARTS) is 1. The Morgan fingerprint density at radius 3 is 2.68 bits per heavy atom. The van der Waals surface area contributed by atoms with Crippen LogP contribution in [-0.4, -0.2) is 49.3 Å². The molecule has 1 aromatic carbocycles. The van der Waals surface area contributed by atoms with Gasteiger partial charge in [-0.15, -0.1) is 0 Å². The predicted octanol–water partition coefficient (Wildman–Crippen LogP) is 2.74. The minimum Gasteiger partial charge on any atom is -0.493 e. The molecule has 0 atom stereocenters. The zero-order chi connectivity index (χ0) is 20.3. The number of aromatic carboxylic acids is 1. The Balaban J connectivity index is 1.71. The van der Waals surface area contributed by atoms with Gasteiger partial charge in [0, 0.05) is 13.1 Å². The summed E-state index contributed by atoms with van der Waals surface area (Å²) in [6.45, 7) is 2.63. The third-order valence-corrected chi connectivity index (χ3v) is 4.24. The van der Waals surface area contributed by atoms with E-state index in [0.717, 1.165) is 5.56 Å². The van der Waals surface area contributed by atoms with Crippen molar-refractivity contribution in [2.75, 3.05) is 27.4 Å². The summed E-state index contributed by atoms with van der Waals surface area (Å²) >= 11 is 0. The van der Waals surface area contributed by atoms with Crippen LogP contribution in [-0.2, 0) is 11.3 Å². The molecule has 1 amide bonds. The Morgan fingerprint density at radius 2 is 2.00 bits per heavy atom. The molecule has 0 aliphatic carbocycles. The highest BCUT2D eigenvalue weighted by Gasteiger charge is 2.18. The second kappa shape index (κ2) is 8.08. The van der Waals surface area contributed by atoms with E-state index >= 15 is 0 Å². The smallest absolute Gasteiger partial charge is 0.339 e. The molecule has 8 nitrogen and oxygen atoms in total. The molecule has 0 saturated heterocycles. The number of carboxylic acids is 1. The fourth-order valence-corrected chi connectivity index (χ4v) is 2.83. The van der Waals surface area contributed by atoms with Crippen LogP contribution in [0.5, 0.6) is 17.2 Å². The van der Waals surface area contributed by atoms with E-state index in [-0.39, 0.29) is 18.0 Å². The molecule has 0 radical (unpaired) electrons. The number of benzene rings is 1. The lowest BCUT2D eigenvalue weighted by Gasteiger charge is -2.21. The number of carbonyl (C=O) groups is 2. The maximum Gasteiger partial charge on any atom is 0.339 e. The van der Waals surface area contributed by atoms with Crippen molar-refractivity contribution in [2.24, 2.45) is 0 Å². The summed E-state index contributed by atoms with van der Waals surface area (Å²) in [5.74, 6) is 1.04. The highest BCUT2D eigenvalue weighted by atomic mass is 16.6. The van der Waals surface area contributed by atoms with Crippen LogP contribution in [0.1, 0.15) is 27.4 Å². The molecule has 2 aromatic rings. The normalized spacial score (nSPS) is 12.8. The summed E-state index contributed by atoms with van der Waals surface area (Å²) in [7, 11) is 3.14. The Bertz CT molecular complexity index is 912. The van der Waals surface area contributed by atoms with Crippen LogP contribution in [0.4, 0.5) is 0 Å². The van der Waals surface area contributed by atoms with Gasteiger partial charge in [-0.05, 0) is 36.8 Å². The van der Waals surface area contributed by atoms with E-state index in [1.807, 2.05) is 0 Å². The van der Waals surface area contributed by atoms with Gasteiger partial charge in [-0.2, -0.15) is 0 Å². The molecule has 0 unspecified atom stereocenters. The number of furan rings is 1. The second-order valence-corrected chi connectivity index (χ2v) is 6.26. The summed E-state index contributed by atoms with van der Waals surface area (Å²) in [6, 6.07) is 4.96. The van der Waals surface area contributed by atoms with Crippen molar-refractivity contribution in [1.82, 2.24) is 4.90 Å². The fraction of sp³-hybridized carbons (Fsp3) is 0.300. The molecule has 1 N–H and O–H groups in total. The zero-order valence-electron chi connectivity index (χ0n) is 15.9. The third-order valence-electron chi connectivity index (χ3n) is 4.24. The fourth-order valence-electron chi connectivity index (χ4n) is 2.83. The monoisotopic (exact) mass is 387 g/mol. The van der Waals surface area contributed by atoms with E-state index in [2.05, 4.69) is 0 Å². The number of rotatable bonds is 6. The number of ether oxygens (including phenoxy) is 3. The van der Waals surface area contributed by atoms with Crippen molar-refractivity contribution in [3.8, 4) is 17.2 Å². The summed E-state index contributed by atoms with van der Waals surface area (Å²) in [6.07, 6.45) is 3.06. The first-order valence-corrected chi connectivity index (χ1v) is 8.62. The number of amides is 1. The summed E-state index contributed by atoms with van der Waals surface area (Å²) in [5, 5.41) is 9.08. The number of aryl methyl sites for hydroxylation is 1. The van der Waals surface area contributed by atoms with Crippen LogP contribution in [0.15, 0.2) is 28.7 Å². The van der Waals surface area contributed by atoms with E-state index < -0.39 is 5.97 Å². The molecule has 1 aromatic heterocycles. The van der Waals surface area contributed by atoms with Gasteiger partial charge in [0.05, 0.1) is 13.7 Å². The van der Waals surface area contributed by atoms with E-state index in [4.69, 9.17) is 23.7 Å². The molecular formula is C20H21NO7. The minimum atomic E-state index is -1.06. The Hall–Kier alpha value is -3.42. The lowest BCUT2D eigenvalue weighted by atomic mass is 10.1. The van der Waals surface area contributed by atoms with Gasteiger partial charge in [0.25, 0.3) is 0 Å². The molecule has 1 aliphatic heterocycles. The molecule has 8 heteroatoms. The van der Waals surface area contributed by atoms with Gasteiger partial charge in [-0.1, -0.05) is 0 Å². The van der Waals surface area contributed by atoms with E-state index in [1.54, 1.807) is 32.2 Å². The summed E-state index contributed by atoms with van der Waals surface area (Å²) in [4.78, 5) is 24.9. The lowest BCUT2D eigenvalue weighted by Crippen LogP contribution is -2.23. The Kier molecular flexibility index (Phi) is 5.58. The first-order valence-electron chi connectivity index (χ1n) is 8.62. The molecule has 28 heavy (non-hydrogen) atoms. The summed E-state index contributed by atoms with van der Waals surface area (Å²) in [5.41, 5.74) is 0.819. The van der Waals surface area contributed by atoms with Crippen LogP contribution in [0.3, 0.4) is 0 Å². The largest absolute Gasteiger partial charge is 0.493 e. The van der Waals surface area contributed by atoms with Crippen molar-refractivity contribution in [3.63, 3.8) is 0 Å². The molecule has 0 saturated carbocycles. The van der Waals surface area contributed by atoms with Gasteiger partial charge in [0.1, 0.15) is 30.3 Å². The molecule has 0 bridgehead atoms. The second-order valence-electron chi connectivity index (χ2n) is 6.26. The Labute approximate surface area is 161 Å². The third kappa shape index (κ3) is 4.11. The number of likely N-dealkylation sites (N-methyl/N-ethyl adjacent to an activating group) is 1. The maximum absolute atomic E-state index is 12.4. The average Bonchev–Trinajstić information content (AvgIpc) is 3.05. The predicted molar refractivity (Wildman–Crippen MR) is 99.9 cm³/mol. The molecule has 148 valence electrons. The van der Waals surface area contributed by atoms with Crippen LogP contribution >= 0.6 is 0 Å². The average molecular weight is 387 g/mol. The quantitative estimate of drug-likeness (QED) is 0.761. The van der Waals surface area contributed by atoms with Crippen molar-refractivity contribution in [2.45, 2.75) is 13.5 Å². The van der Waals surface area contributed by atoms with Crippen molar-refractivity contribution in [3.05, 3.63) is 46.9 Å². The number of carbonyl (C=O) groups excluding carboxylic acids is 1. The Morgan fingerprint density at radius 1 is 1.25 bits per heavy atom. The van der Waals surface area contributed by atoms with Gasteiger partial charge in [-0.25, -0.2) is 4.79 Å². The lowest BCUT2D eigenvalue weighted by molar-refractivity contribution is -0.125.